The Morgan fingerprint density at radius 2 is 2.00 bits per heavy atom. The Kier molecular flexibility index (Phi) is 6.85. The van der Waals surface area contributed by atoms with Gasteiger partial charge in [0.25, 0.3) is 0 Å². The molecule has 0 amide bonds. The quantitative estimate of drug-likeness (QED) is 0.479. The van der Waals surface area contributed by atoms with Crippen molar-refractivity contribution < 1.29 is 4.74 Å². The van der Waals surface area contributed by atoms with Gasteiger partial charge in [-0.25, -0.2) is 0 Å². The summed E-state index contributed by atoms with van der Waals surface area (Å²) in [5.74, 6) is 0. The zero-order valence-corrected chi connectivity index (χ0v) is 10.2. The van der Waals surface area contributed by atoms with Gasteiger partial charge in [-0.1, -0.05) is 20.4 Å². The Bertz CT molecular complexity index is 164. The summed E-state index contributed by atoms with van der Waals surface area (Å²) in [7, 11) is 0. The minimum absolute atomic E-state index is 0.0201. The number of hydrogen-bond acceptors (Lipinski definition) is 2. The SMILES string of the molecule is C=C(CNCCC)COC(C)(C)CC. The van der Waals surface area contributed by atoms with E-state index < -0.39 is 0 Å². The summed E-state index contributed by atoms with van der Waals surface area (Å²) >= 11 is 0. The Morgan fingerprint density at radius 1 is 1.36 bits per heavy atom. The lowest BCUT2D eigenvalue weighted by Gasteiger charge is -2.24. The van der Waals surface area contributed by atoms with E-state index >= 15 is 0 Å². The fourth-order valence-electron chi connectivity index (χ4n) is 0.892. The van der Waals surface area contributed by atoms with E-state index in [-0.39, 0.29) is 5.60 Å². The van der Waals surface area contributed by atoms with E-state index in [2.05, 4.69) is 39.6 Å². The third-order valence-electron chi connectivity index (χ3n) is 2.32. The number of nitrogens with one attached hydrogen (secondary N) is 1. The number of ether oxygens (including phenoxy) is 1. The monoisotopic (exact) mass is 199 g/mol. The average Bonchev–Trinajstić information content (AvgIpc) is 2.16. The van der Waals surface area contributed by atoms with Crippen molar-refractivity contribution in [3.8, 4) is 0 Å². The molecule has 0 aromatic heterocycles. The first kappa shape index (κ1) is 13.7. The van der Waals surface area contributed by atoms with Crippen molar-refractivity contribution in [2.24, 2.45) is 0 Å². The maximum Gasteiger partial charge on any atom is 0.0693 e. The fraction of sp³-hybridized carbons (Fsp3) is 0.833. The van der Waals surface area contributed by atoms with Crippen LogP contribution in [0.2, 0.25) is 0 Å². The molecule has 0 unspecified atom stereocenters. The van der Waals surface area contributed by atoms with Gasteiger partial charge in [0.05, 0.1) is 12.2 Å². The zero-order valence-electron chi connectivity index (χ0n) is 10.2. The molecular formula is C12H25NO. The Morgan fingerprint density at radius 3 is 2.50 bits per heavy atom. The molecule has 0 saturated heterocycles. The van der Waals surface area contributed by atoms with E-state index in [1.165, 1.54) is 0 Å². The number of rotatable bonds is 8. The standard InChI is InChI=1S/C12H25NO/c1-6-8-13-9-11(3)10-14-12(4,5)7-2/h13H,3,6-10H2,1-2,4-5H3. The van der Waals surface area contributed by atoms with Gasteiger partial charge in [0, 0.05) is 6.54 Å². The fourth-order valence-corrected chi connectivity index (χ4v) is 0.892. The van der Waals surface area contributed by atoms with Crippen LogP contribution in [-0.2, 0) is 4.74 Å². The van der Waals surface area contributed by atoms with Crippen molar-refractivity contribution in [1.82, 2.24) is 5.32 Å². The van der Waals surface area contributed by atoms with Crippen molar-refractivity contribution >= 4 is 0 Å². The van der Waals surface area contributed by atoms with Crippen LogP contribution in [0.4, 0.5) is 0 Å². The summed E-state index contributed by atoms with van der Waals surface area (Å²) in [4.78, 5) is 0. The van der Waals surface area contributed by atoms with Gasteiger partial charge in [0.1, 0.15) is 0 Å². The average molecular weight is 199 g/mol. The van der Waals surface area contributed by atoms with Crippen LogP contribution in [-0.4, -0.2) is 25.3 Å². The van der Waals surface area contributed by atoms with Crippen LogP contribution in [0.3, 0.4) is 0 Å². The molecule has 0 aliphatic heterocycles. The molecule has 14 heavy (non-hydrogen) atoms. The summed E-state index contributed by atoms with van der Waals surface area (Å²) in [6, 6.07) is 0. The molecule has 0 aromatic rings. The summed E-state index contributed by atoms with van der Waals surface area (Å²) in [6.07, 6.45) is 2.19. The van der Waals surface area contributed by atoms with E-state index in [0.717, 1.165) is 31.5 Å². The van der Waals surface area contributed by atoms with E-state index in [1.807, 2.05) is 0 Å². The molecule has 0 rings (SSSR count). The van der Waals surface area contributed by atoms with E-state index in [1.54, 1.807) is 0 Å². The van der Waals surface area contributed by atoms with Crippen LogP contribution in [0.15, 0.2) is 12.2 Å². The lowest BCUT2D eigenvalue weighted by atomic mass is 10.1. The largest absolute Gasteiger partial charge is 0.371 e. The molecule has 2 heteroatoms. The van der Waals surface area contributed by atoms with Crippen LogP contribution in [0.5, 0.6) is 0 Å². The van der Waals surface area contributed by atoms with Crippen molar-refractivity contribution in [1.29, 1.82) is 0 Å². The van der Waals surface area contributed by atoms with E-state index in [4.69, 9.17) is 4.74 Å². The minimum Gasteiger partial charge on any atom is -0.371 e. The molecule has 0 aliphatic carbocycles. The Hall–Kier alpha value is -0.340. The van der Waals surface area contributed by atoms with Gasteiger partial charge < -0.3 is 10.1 Å². The lowest BCUT2D eigenvalue weighted by molar-refractivity contribution is -0.00743. The van der Waals surface area contributed by atoms with Gasteiger partial charge in [-0.15, -0.1) is 0 Å². The first-order chi connectivity index (χ1) is 6.52. The summed E-state index contributed by atoms with van der Waals surface area (Å²) in [6.45, 7) is 15.1. The van der Waals surface area contributed by atoms with Crippen molar-refractivity contribution in [2.45, 2.75) is 46.1 Å². The van der Waals surface area contributed by atoms with Crippen LogP contribution < -0.4 is 5.32 Å². The van der Waals surface area contributed by atoms with Crippen LogP contribution in [0.1, 0.15) is 40.5 Å². The second kappa shape index (κ2) is 7.02. The van der Waals surface area contributed by atoms with Gasteiger partial charge in [0.2, 0.25) is 0 Å². The van der Waals surface area contributed by atoms with E-state index in [9.17, 15) is 0 Å². The molecule has 2 nitrogen and oxygen atoms in total. The second-order valence-corrected chi connectivity index (χ2v) is 4.33. The lowest BCUT2D eigenvalue weighted by Crippen LogP contribution is -2.26. The maximum atomic E-state index is 5.73. The first-order valence-corrected chi connectivity index (χ1v) is 5.53. The molecule has 1 N–H and O–H groups in total. The van der Waals surface area contributed by atoms with Gasteiger partial charge in [0.15, 0.2) is 0 Å². The maximum absolute atomic E-state index is 5.73. The molecule has 0 aliphatic rings. The van der Waals surface area contributed by atoms with Crippen LogP contribution >= 0.6 is 0 Å². The van der Waals surface area contributed by atoms with Crippen molar-refractivity contribution in [2.75, 3.05) is 19.7 Å². The normalized spacial score (nSPS) is 11.7. The summed E-state index contributed by atoms with van der Waals surface area (Å²) < 4.78 is 5.73. The van der Waals surface area contributed by atoms with Crippen molar-refractivity contribution in [3.63, 3.8) is 0 Å². The molecule has 0 radical (unpaired) electrons. The second-order valence-electron chi connectivity index (χ2n) is 4.33. The molecule has 0 saturated carbocycles. The predicted molar refractivity (Wildman–Crippen MR) is 62.6 cm³/mol. The van der Waals surface area contributed by atoms with Crippen LogP contribution in [0, 0.1) is 0 Å². The molecular weight excluding hydrogens is 174 g/mol. The Balaban J connectivity index is 3.53. The van der Waals surface area contributed by atoms with Gasteiger partial charge in [-0.2, -0.15) is 0 Å². The zero-order chi connectivity index (χ0) is 11.0. The van der Waals surface area contributed by atoms with Crippen LogP contribution in [0.25, 0.3) is 0 Å². The highest BCUT2D eigenvalue weighted by molar-refractivity contribution is 4.97. The molecule has 0 aromatic carbocycles. The summed E-state index contributed by atoms with van der Waals surface area (Å²) in [5.41, 5.74) is 1.10. The van der Waals surface area contributed by atoms with Gasteiger partial charge in [-0.05, 0) is 38.8 Å². The third kappa shape index (κ3) is 7.10. The predicted octanol–water partition coefficient (Wildman–Crippen LogP) is 2.75. The third-order valence-corrected chi connectivity index (χ3v) is 2.32. The number of hydrogen-bond donors (Lipinski definition) is 1. The summed E-state index contributed by atoms with van der Waals surface area (Å²) in [5, 5.41) is 3.31. The highest BCUT2D eigenvalue weighted by Gasteiger charge is 2.14. The van der Waals surface area contributed by atoms with E-state index in [0.29, 0.717) is 6.61 Å². The first-order valence-electron chi connectivity index (χ1n) is 5.53. The molecule has 0 bridgehead atoms. The topological polar surface area (TPSA) is 21.3 Å². The Labute approximate surface area is 88.7 Å². The van der Waals surface area contributed by atoms with Gasteiger partial charge in [-0.3, -0.25) is 0 Å². The highest BCUT2D eigenvalue weighted by atomic mass is 16.5. The molecule has 0 heterocycles. The highest BCUT2D eigenvalue weighted by Crippen LogP contribution is 2.14. The molecule has 0 atom stereocenters. The van der Waals surface area contributed by atoms with Crippen molar-refractivity contribution in [3.05, 3.63) is 12.2 Å². The minimum atomic E-state index is -0.0201. The molecule has 0 spiro atoms. The smallest absolute Gasteiger partial charge is 0.0693 e. The molecule has 84 valence electrons. The van der Waals surface area contributed by atoms with Gasteiger partial charge >= 0.3 is 0 Å². The molecule has 0 fully saturated rings.